The minimum Gasteiger partial charge on any atom is -0.375 e. The van der Waals surface area contributed by atoms with Crippen LogP contribution in [0.4, 0.5) is 5.69 Å². The molecule has 1 N–H and O–H groups in total. The Balaban J connectivity index is 2.01. The van der Waals surface area contributed by atoms with Crippen molar-refractivity contribution >= 4 is 44.6 Å². The van der Waals surface area contributed by atoms with E-state index < -0.39 is 11.5 Å². The fraction of sp³-hybridized carbons (Fsp3) is 0.333. The van der Waals surface area contributed by atoms with Crippen molar-refractivity contribution in [3.8, 4) is 0 Å². The largest absolute Gasteiger partial charge is 0.375 e. The smallest absolute Gasteiger partial charge is 0.264 e. The average molecular weight is 408 g/mol. The summed E-state index contributed by atoms with van der Waals surface area (Å²) < 4.78 is 0.769. The standard InChI is InChI=1S/C18H18BrNO3S/c1-3-8-20-14-6-5-12(19)9-13(14)18(23,17(20)22)10-15(21)16-7-4-11(2)24-16/h4-7,9,23H,3,8,10H2,1-2H3. The van der Waals surface area contributed by atoms with Gasteiger partial charge in [0.05, 0.1) is 17.0 Å². The third-order valence-corrected chi connectivity index (χ3v) is 5.71. The number of fused-ring (bicyclic) bond motifs is 1. The summed E-state index contributed by atoms with van der Waals surface area (Å²) in [5, 5.41) is 11.1. The third kappa shape index (κ3) is 2.83. The summed E-state index contributed by atoms with van der Waals surface area (Å²) in [4.78, 5) is 28.6. The van der Waals surface area contributed by atoms with Crippen molar-refractivity contribution in [3.63, 3.8) is 0 Å². The van der Waals surface area contributed by atoms with Gasteiger partial charge in [-0.1, -0.05) is 22.9 Å². The summed E-state index contributed by atoms with van der Waals surface area (Å²) in [7, 11) is 0. The van der Waals surface area contributed by atoms with Gasteiger partial charge in [0.2, 0.25) is 0 Å². The van der Waals surface area contributed by atoms with Crippen LogP contribution in [0.2, 0.25) is 0 Å². The highest BCUT2D eigenvalue weighted by Gasteiger charge is 2.50. The molecule has 0 radical (unpaired) electrons. The fourth-order valence-electron chi connectivity index (χ4n) is 3.04. The van der Waals surface area contributed by atoms with Crippen molar-refractivity contribution in [1.82, 2.24) is 0 Å². The molecular weight excluding hydrogens is 390 g/mol. The van der Waals surface area contributed by atoms with Gasteiger partial charge in [-0.15, -0.1) is 11.3 Å². The molecule has 1 aliphatic heterocycles. The van der Waals surface area contributed by atoms with Crippen LogP contribution in [0.15, 0.2) is 34.8 Å². The van der Waals surface area contributed by atoms with E-state index >= 15 is 0 Å². The van der Waals surface area contributed by atoms with Gasteiger partial charge in [0.15, 0.2) is 11.4 Å². The van der Waals surface area contributed by atoms with Gasteiger partial charge in [0.25, 0.3) is 5.91 Å². The molecule has 1 atom stereocenters. The minimum atomic E-state index is -1.80. The number of halogens is 1. The molecule has 0 bridgehead atoms. The highest BCUT2D eigenvalue weighted by molar-refractivity contribution is 9.10. The Kier molecular flexibility index (Phi) is 4.64. The Morgan fingerprint density at radius 3 is 2.71 bits per heavy atom. The normalized spacial score (nSPS) is 19.7. The molecule has 3 rings (SSSR count). The van der Waals surface area contributed by atoms with Crippen molar-refractivity contribution in [2.45, 2.75) is 32.3 Å². The van der Waals surface area contributed by atoms with Crippen LogP contribution in [-0.2, 0) is 10.4 Å². The van der Waals surface area contributed by atoms with E-state index in [9.17, 15) is 14.7 Å². The van der Waals surface area contributed by atoms with E-state index in [1.54, 1.807) is 17.0 Å². The molecule has 1 amide bonds. The minimum absolute atomic E-state index is 0.215. The van der Waals surface area contributed by atoms with Crippen LogP contribution >= 0.6 is 27.3 Å². The number of nitrogens with zero attached hydrogens (tertiary/aromatic N) is 1. The Labute approximate surface area is 153 Å². The molecule has 2 heterocycles. The summed E-state index contributed by atoms with van der Waals surface area (Å²) in [5.74, 6) is -0.632. The molecule has 4 nitrogen and oxygen atoms in total. The van der Waals surface area contributed by atoms with E-state index in [0.717, 1.165) is 15.8 Å². The number of amides is 1. The Morgan fingerprint density at radius 2 is 2.08 bits per heavy atom. The predicted octanol–water partition coefficient (Wildman–Crippen LogP) is 4.04. The number of aliphatic hydroxyl groups is 1. The van der Waals surface area contributed by atoms with Crippen LogP contribution in [0.5, 0.6) is 0 Å². The number of aryl methyl sites for hydroxylation is 1. The molecule has 1 unspecified atom stereocenters. The van der Waals surface area contributed by atoms with Gasteiger partial charge >= 0.3 is 0 Å². The number of thiophene rings is 1. The molecule has 0 spiro atoms. The van der Waals surface area contributed by atoms with Gasteiger partial charge in [-0.05, 0) is 43.7 Å². The molecule has 1 aromatic heterocycles. The van der Waals surface area contributed by atoms with Crippen molar-refractivity contribution in [2.24, 2.45) is 0 Å². The second-order valence-corrected chi connectivity index (χ2v) is 8.19. The topological polar surface area (TPSA) is 57.6 Å². The maximum Gasteiger partial charge on any atom is 0.264 e. The number of benzene rings is 1. The summed E-state index contributed by atoms with van der Waals surface area (Å²) in [5.41, 5.74) is -0.622. The molecular formula is C18H18BrNO3S. The summed E-state index contributed by atoms with van der Waals surface area (Å²) >= 11 is 4.77. The van der Waals surface area contributed by atoms with Crippen LogP contribution < -0.4 is 4.90 Å². The van der Waals surface area contributed by atoms with Gasteiger partial charge in [-0.3, -0.25) is 9.59 Å². The number of rotatable bonds is 5. The highest BCUT2D eigenvalue weighted by Crippen LogP contribution is 2.44. The monoisotopic (exact) mass is 407 g/mol. The number of Topliss-reactive ketones (excluding diaryl/α,β-unsaturated/α-hetero) is 1. The molecule has 126 valence electrons. The average Bonchev–Trinajstić information content (AvgIpc) is 3.05. The quantitative estimate of drug-likeness (QED) is 0.760. The van der Waals surface area contributed by atoms with Crippen LogP contribution in [0, 0.1) is 6.92 Å². The molecule has 0 aliphatic carbocycles. The molecule has 1 aliphatic rings. The molecule has 2 aromatic rings. The highest BCUT2D eigenvalue weighted by atomic mass is 79.9. The molecule has 24 heavy (non-hydrogen) atoms. The van der Waals surface area contributed by atoms with Crippen LogP contribution in [0.3, 0.4) is 0 Å². The molecule has 0 saturated carbocycles. The number of hydrogen-bond acceptors (Lipinski definition) is 4. The first kappa shape index (κ1) is 17.3. The van der Waals surface area contributed by atoms with E-state index in [4.69, 9.17) is 0 Å². The first-order valence-electron chi connectivity index (χ1n) is 7.81. The lowest BCUT2D eigenvalue weighted by Crippen LogP contribution is -2.42. The lowest BCUT2D eigenvalue weighted by molar-refractivity contribution is -0.135. The Hall–Kier alpha value is -1.50. The molecule has 0 fully saturated rings. The summed E-state index contributed by atoms with van der Waals surface area (Å²) in [6.45, 7) is 4.41. The predicted molar refractivity (Wildman–Crippen MR) is 98.7 cm³/mol. The third-order valence-electron chi connectivity index (χ3n) is 4.17. The number of carbonyl (C=O) groups is 2. The number of ketones is 1. The number of anilines is 1. The fourth-order valence-corrected chi connectivity index (χ4v) is 4.21. The molecule has 0 saturated heterocycles. The second-order valence-electron chi connectivity index (χ2n) is 5.99. The van der Waals surface area contributed by atoms with Gasteiger partial charge in [-0.2, -0.15) is 0 Å². The lowest BCUT2D eigenvalue weighted by atomic mass is 9.89. The van der Waals surface area contributed by atoms with Gasteiger partial charge in [0, 0.05) is 21.5 Å². The lowest BCUT2D eigenvalue weighted by Gasteiger charge is -2.22. The Bertz CT molecular complexity index is 816. The zero-order valence-corrected chi connectivity index (χ0v) is 15.9. The van der Waals surface area contributed by atoms with Crippen molar-refractivity contribution < 1.29 is 14.7 Å². The zero-order valence-electron chi connectivity index (χ0n) is 13.5. The zero-order chi connectivity index (χ0) is 17.5. The van der Waals surface area contributed by atoms with Gasteiger partial charge < -0.3 is 10.0 Å². The van der Waals surface area contributed by atoms with Crippen LogP contribution in [0.25, 0.3) is 0 Å². The molecule has 1 aromatic carbocycles. The van der Waals surface area contributed by atoms with Gasteiger partial charge in [0.1, 0.15) is 0 Å². The number of carbonyl (C=O) groups excluding carboxylic acids is 2. The van der Waals surface area contributed by atoms with E-state index in [1.165, 1.54) is 11.3 Å². The summed E-state index contributed by atoms with van der Waals surface area (Å²) in [6, 6.07) is 8.99. The molecule has 6 heteroatoms. The van der Waals surface area contributed by atoms with E-state index in [2.05, 4.69) is 15.9 Å². The Morgan fingerprint density at radius 1 is 1.33 bits per heavy atom. The van der Waals surface area contributed by atoms with Crippen molar-refractivity contribution in [3.05, 3.63) is 50.1 Å². The maximum absolute atomic E-state index is 12.9. The van der Waals surface area contributed by atoms with E-state index in [-0.39, 0.29) is 12.2 Å². The second kappa shape index (κ2) is 6.43. The van der Waals surface area contributed by atoms with Gasteiger partial charge in [-0.25, -0.2) is 0 Å². The van der Waals surface area contributed by atoms with Crippen molar-refractivity contribution in [2.75, 3.05) is 11.4 Å². The number of hydrogen-bond donors (Lipinski definition) is 1. The SMILES string of the molecule is CCCN1C(=O)C(O)(CC(=O)c2ccc(C)s2)c2cc(Br)ccc21. The first-order valence-corrected chi connectivity index (χ1v) is 9.41. The van der Waals surface area contributed by atoms with E-state index in [1.807, 2.05) is 32.0 Å². The van der Waals surface area contributed by atoms with E-state index in [0.29, 0.717) is 22.7 Å². The maximum atomic E-state index is 12.9. The van der Waals surface area contributed by atoms with Crippen LogP contribution in [0.1, 0.15) is 39.9 Å². The van der Waals surface area contributed by atoms with Crippen LogP contribution in [-0.4, -0.2) is 23.3 Å². The first-order chi connectivity index (χ1) is 11.4. The van der Waals surface area contributed by atoms with Crippen molar-refractivity contribution in [1.29, 1.82) is 0 Å². The summed E-state index contributed by atoms with van der Waals surface area (Å²) in [6.07, 6.45) is 0.533.